The number of aliphatic hydroxyl groups excluding tert-OH is 1. The van der Waals surface area contributed by atoms with Gasteiger partial charge in [-0.2, -0.15) is 12.7 Å². The summed E-state index contributed by atoms with van der Waals surface area (Å²) in [4.78, 5) is 0. The Labute approximate surface area is 108 Å². The molecule has 1 atom stereocenters. The zero-order chi connectivity index (χ0) is 13.8. The van der Waals surface area contributed by atoms with Crippen LogP contribution < -0.4 is 5.14 Å². The van der Waals surface area contributed by atoms with E-state index in [1.807, 2.05) is 19.9 Å². The number of rotatable bonds is 6. The summed E-state index contributed by atoms with van der Waals surface area (Å²) in [5, 5.41) is 15.1. The van der Waals surface area contributed by atoms with Gasteiger partial charge in [0.15, 0.2) is 0 Å². The maximum absolute atomic E-state index is 11.4. The molecule has 0 heterocycles. The van der Waals surface area contributed by atoms with Crippen LogP contribution in [-0.4, -0.2) is 30.9 Å². The van der Waals surface area contributed by atoms with Crippen LogP contribution in [0.3, 0.4) is 0 Å². The van der Waals surface area contributed by atoms with Gasteiger partial charge >= 0.3 is 0 Å². The van der Waals surface area contributed by atoms with Gasteiger partial charge in [0.2, 0.25) is 0 Å². The average molecular weight is 272 g/mol. The molecule has 18 heavy (non-hydrogen) atoms. The normalized spacial score (nSPS) is 14.1. The van der Waals surface area contributed by atoms with Crippen LogP contribution in [0.4, 0.5) is 0 Å². The fraction of sp³-hybridized carbons (Fsp3) is 0.500. The average Bonchev–Trinajstić information content (AvgIpc) is 2.27. The van der Waals surface area contributed by atoms with Crippen molar-refractivity contribution in [1.29, 1.82) is 0 Å². The van der Waals surface area contributed by atoms with E-state index in [1.165, 1.54) is 0 Å². The Morgan fingerprint density at radius 2 is 1.78 bits per heavy atom. The summed E-state index contributed by atoms with van der Waals surface area (Å²) in [5.41, 5.74) is 0.676. The Balaban J connectivity index is 2.78. The van der Waals surface area contributed by atoms with Crippen molar-refractivity contribution in [3.63, 3.8) is 0 Å². The lowest BCUT2D eigenvalue weighted by Gasteiger charge is -2.24. The first-order valence-electron chi connectivity index (χ1n) is 5.81. The number of benzene rings is 1. The summed E-state index contributed by atoms with van der Waals surface area (Å²) in [7, 11) is -3.79. The van der Waals surface area contributed by atoms with Crippen LogP contribution in [0.15, 0.2) is 30.3 Å². The molecule has 0 aliphatic rings. The Hall–Kier alpha value is -0.950. The minimum absolute atomic E-state index is 0.0268. The Morgan fingerprint density at radius 3 is 2.22 bits per heavy atom. The Kier molecular flexibility index (Phi) is 5.28. The summed E-state index contributed by atoms with van der Waals surface area (Å²) in [5.74, 6) is 0.145. The van der Waals surface area contributed by atoms with E-state index in [4.69, 9.17) is 5.14 Å². The third-order valence-electron chi connectivity index (χ3n) is 2.49. The molecule has 0 bridgehead atoms. The standard InChI is InChI=1S/C12H20N2O3S/c1-10(2)8-14(18(13,16)17)9-12(15)11-6-4-3-5-7-11/h3-7,10,12,15H,8-9H2,1-2H3,(H2,13,16,17)/t12-/m0/s1. The highest BCUT2D eigenvalue weighted by molar-refractivity contribution is 7.86. The fourth-order valence-electron chi connectivity index (χ4n) is 1.66. The molecular weight excluding hydrogens is 252 g/mol. The third-order valence-corrected chi connectivity index (χ3v) is 3.51. The molecule has 0 radical (unpaired) electrons. The number of aliphatic hydroxyl groups is 1. The second-order valence-electron chi connectivity index (χ2n) is 4.68. The Morgan fingerprint density at radius 1 is 1.22 bits per heavy atom. The molecule has 1 rings (SSSR count). The molecule has 0 amide bonds. The highest BCUT2D eigenvalue weighted by atomic mass is 32.2. The molecule has 3 N–H and O–H groups in total. The van der Waals surface area contributed by atoms with Gasteiger partial charge in [-0.05, 0) is 11.5 Å². The van der Waals surface area contributed by atoms with E-state index in [0.29, 0.717) is 12.1 Å². The summed E-state index contributed by atoms with van der Waals surface area (Å²) in [6, 6.07) is 8.93. The largest absolute Gasteiger partial charge is 0.387 e. The van der Waals surface area contributed by atoms with Crippen molar-refractivity contribution in [2.24, 2.45) is 11.1 Å². The maximum Gasteiger partial charge on any atom is 0.277 e. The molecule has 102 valence electrons. The van der Waals surface area contributed by atoms with Crippen molar-refractivity contribution in [1.82, 2.24) is 4.31 Å². The van der Waals surface area contributed by atoms with E-state index < -0.39 is 16.3 Å². The van der Waals surface area contributed by atoms with E-state index in [2.05, 4.69) is 0 Å². The molecule has 0 spiro atoms. The zero-order valence-electron chi connectivity index (χ0n) is 10.7. The number of nitrogens with zero attached hydrogens (tertiary/aromatic N) is 1. The van der Waals surface area contributed by atoms with Crippen LogP contribution in [0.2, 0.25) is 0 Å². The van der Waals surface area contributed by atoms with Crippen LogP contribution in [0, 0.1) is 5.92 Å². The molecule has 1 aromatic rings. The molecule has 0 unspecified atom stereocenters. The number of hydrogen-bond donors (Lipinski definition) is 2. The van der Waals surface area contributed by atoms with Gasteiger partial charge in [-0.1, -0.05) is 44.2 Å². The smallest absolute Gasteiger partial charge is 0.277 e. The second-order valence-corrected chi connectivity index (χ2v) is 6.23. The number of hydrogen-bond acceptors (Lipinski definition) is 3. The van der Waals surface area contributed by atoms with E-state index >= 15 is 0 Å². The summed E-state index contributed by atoms with van der Waals surface area (Å²) < 4.78 is 24.0. The molecule has 6 heteroatoms. The molecule has 0 aliphatic carbocycles. The van der Waals surface area contributed by atoms with Crippen LogP contribution in [0.25, 0.3) is 0 Å². The second kappa shape index (κ2) is 6.29. The van der Waals surface area contributed by atoms with E-state index in [1.54, 1.807) is 24.3 Å². The first-order chi connectivity index (χ1) is 8.30. The van der Waals surface area contributed by atoms with Crippen LogP contribution in [-0.2, 0) is 10.2 Å². The van der Waals surface area contributed by atoms with Gasteiger partial charge in [0, 0.05) is 13.1 Å². The first kappa shape index (κ1) is 15.1. The molecule has 0 saturated carbocycles. The van der Waals surface area contributed by atoms with E-state index in [9.17, 15) is 13.5 Å². The highest BCUT2D eigenvalue weighted by Gasteiger charge is 2.22. The monoisotopic (exact) mass is 272 g/mol. The molecule has 0 aliphatic heterocycles. The molecule has 0 aromatic heterocycles. The van der Waals surface area contributed by atoms with E-state index in [0.717, 1.165) is 4.31 Å². The summed E-state index contributed by atoms with van der Waals surface area (Å²) >= 11 is 0. The minimum Gasteiger partial charge on any atom is -0.387 e. The predicted octanol–water partition coefficient (Wildman–Crippen LogP) is 0.882. The highest BCUT2D eigenvalue weighted by Crippen LogP contribution is 2.15. The quantitative estimate of drug-likeness (QED) is 0.806. The van der Waals surface area contributed by atoms with Gasteiger partial charge in [-0.15, -0.1) is 0 Å². The lowest BCUT2D eigenvalue weighted by Crippen LogP contribution is -2.41. The van der Waals surface area contributed by atoms with Crippen LogP contribution in [0.5, 0.6) is 0 Å². The predicted molar refractivity (Wildman–Crippen MR) is 70.9 cm³/mol. The third kappa shape index (κ3) is 4.73. The zero-order valence-corrected chi connectivity index (χ0v) is 11.5. The van der Waals surface area contributed by atoms with Crippen LogP contribution >= 0.6 is 0 Å². The lowest BCUT2D eigenvalue weighted by atomic mass is 10.1. The number of nitrogens with two attached hydrogens (primary N) is 1. The van der Waals surface area contributed by atoms with Crippen molar-refractivity contribution in [3.05, 3.63) is 35.9 Å². The van der Waals surface area contributed by atoms with Crippen molar-refractivity contribution in [2.75, 3.05) is 13.1 Å². The van der Waals surface area contributed by atoms with Crippen molar-refractivity contribution >= 4 is 10.2 Å². The molecule has 0 fully saturated rings. The van der Waals surface area contributed by atoms with Gasteiger partial charge in [0.1, 0.15) is 0 Å². The van der Waals surface area contributed by atoms with Gasteiger partial charge in [0.25, 0.3) is 10.2 Å². The first-order valence-corrected chi connectivity index (χ1v) is 7.32. The van der Waals surface area contributed by atoms with Gasteiger partial charge in [0.05, 0.1) is 6.10 Å². The van der Waals surface area contributed by atoms with Crippen molar-refractivity contribution in [3.8, 4) is 0 Å². The topological polar surface area (TPSA) is 83.6 Å². The van der Waals surface area contributed by atoms with Crippen molar-refractivity contribution < 1.29 is 13.5 Å². The summed E-state index contributed by atoms with van der Waals surface area (Å²) in [6.45, 7) is 4.06. The Bertz CT molecular complexity index is 459. The van der Waals surface area contributed by atoms with Gasteiger partial charge in [-0.3, -0.25) is 0 Å². The molecule has 5 nitrogen and oxygen atoms in total. The molecular formula is C12H20N2O3S. The van der Waals surface area contributed by atoms with E-state index in [-0.39, 0.29) is 12.5 Å². The minimum atomic E-state index is -3.79. The van der Waals surface area contributed by atoms with Crippen LogP contribution in [0.1, 0.15) is 25.5 Å². The van der Waals surface area contributed by atoms with Gasteiger partial charge < -0.3 is 5.11 Å². The molecule has 1 aromatic carbocycles. The lowest BCUT2D eigenvalue weighted by molar-refractivity contribution is 0.143. The van der Waals surface area contributed by atoms with Gasteiger partial charge in [-0.25, -0.2) is 5.14 Å². The fourth-order valence-corrected chi connectivity index (χ4v) is 2.52. The molecule has 0 saturated heterocycles. The SMILES string of the molecule is CC(C)CN(C[C@H](O)c1ccccc1)S(N)(=O)=O. The van der Waals surface area contributed by atoms with Crippen molar-refractivity contribution in [2.45, 2.75) is 20.0 Å². The summed E-state index contributed by atoms with van der Waals surface area (Å²) in [6.07, 6.45) is -0.872. The maximum atomic E-state index is 11.4.